The fraction of sp³-hybridized carbons (Fsp3) is 0.766. The van der Waals surface area contributed by atoms with Crippen LogP contribution in [0.5, 0.6) is 5.75 Å². The van der Waals surface area contributed by atoms with E-state index in [0.717, 1.165) is 112 Å². The van der Waals surface area contributed by atoms with Gasteiger partial charge in [0, 0.05) is 96.6 Å². The van der Waals surface area contributed by atoms with Gasteiger partial charge in [-0.25, -0.2) is 0 Å². The number of aryl methyl sites for hydroxylation is 1. The fourth-order valence-electron chi connectivity index (χ4n) is 12.7. The van der Waals surface area contributed by atoms with Crippen LogP contribution in [0.25, 0.3) is 0 Å². The molecular formula is C124H233NO3S16. The number of benzene rings is 4. The van der Waals surface area contributed by atoms with E-state index < -0.39 is 0 Å². The average Bonchev–Trinajstić information content (AvgIpc) is 1.71. The molecule has 1 saturated carbocycles. The Morgan fingerprint density at radius 2 is 0.847 bits per heavy atom. The van der Waals surface area contributed by atoms with Gasteiger partial charge >= 0.3 is 0 Å². The highest BCUT2D eigenvalue weighted by Crippen LogP contribution is 2.52. The lowest BCUT2D eigenvalue weighted by atomic mass is 9.87. The SMILES string of the molecule is CC.CC.CC.CC.CC.CC(C)C.CC(C)CCC1C(C)SSC1C(C)C.CC(C)CCCCSSC(C)(C)CCC(=O)NC(C)C.CC(C)CCCCSSC1CCCCC1.CC(C)CCOc1ccccc1SSC(C)C.CC(C)CCc1ccccc1SSC(C)C.CC(C)Cc1ccc(SSC(C)C)cc1.CC(C)Cc1ccccc1CSSC(C)(C)C.CC(C)Cc1cocc1CSSC(C)(C)C. The molecule has 0 bridgehead atoms. The van der Waals surface area contributed by atoms with Crippen molar-refractivity contribution in [1.29, 1.82) is 0 Å². The molecule has 5 aromatic rings. The summed E-state index contributed by atoms with van der Waals surface area (Å²) in [5, 5.41) is 7.70. The lowest BCUT2D eigenvalue weighted by Crippen LogP contribution is -2.31. The highest BCUT2D eigenvalue weighted by atomic mass is 33.1. The van der Waals surface area contributed by atoms with E-state index in [9.17, 15) is 4.79 Å². The van der Waals surface area contributed by atoms with Gasteiger partial charge in [0.2, 0.25) is 5.91 Å². The van der Waals surface area contributed by atoms with Gasteiger partial charge in [0.25, 0.3) is 0 Å². The first-order valence-corrected chi connectivity index (χ1v) is 74.9. The smallest absolute Gasteiger partial charge is 0.220 e. The predicted octanol–water partition coefficient (Wildman–Crippen LogP) is 48.9. The summed E-state index contributed by atoms with van der Waals surface area (Å²) < 4.78 is 12.0. The molecule has 1 saturated heterocycles. The zero-order valence-electron chi connectivity index (χ0n) is 102. The van der Waals surface area contributed by atoms with Crippen LogP contribution < -0.4 is 10.1 Å². The van der Waals surface area contributed by atoms with Crippen molar-refractivity contribution in [2.75, 3.05) is 18.1 Å². The van der Waals surface area contributed by atoms with E-state index in [-0.39, 0.29) is 16.7 Å². The molecule has 0 spiro atoms. The molecule has 1 amide bonds. The highest BCUT2D eigenvalue weighted by Gasteiger charge is 2.36. The second kappa shape index (κ2) is 103. The van der Waals surface area contributed by atoms with E-state index >= 15 is 0 Å². The summed E-state index contributed by atoms with van der Waals surface area (Å²) in [5.74, 6) is 14.8. The van der Waals surface area contributed by atoms with Crippen LogP contribution in [-0.2, 0) is 42.0 Å². The molecular weight excluding hydrogens is 2060 g/mol. The van der Waals surface area contributed by atoms with Gasteiger partial charge in [0.15, 0.2) is 0 Å². The number of carbonyl (C=O) groups is 1. The first-order valence-electron chi connectivity index (χ1n) is 56.6. The highest BCUT2D eigenvalue weighted by molar-refractivity contribution is 8.79. The number of rotatable bonds is 50. The second-order valence-electron chi connectivity index (χ2n) is 44.1. The van der Waals surface area contributed by atoms with E-state index in [1.807, 2.05) is 220 Å². The third kappa shape index (κ3) is 106. The Balaban J connectivity index is -0.000000293. The van der Waals surface area contributed by atoms with E-state index in [1.54, 1.807) is 10.8 Å². The second-order valence-corrected chi connectivity index (χ2v) is 67.5. The minimum atomic E-state index is 0.176. The lowest BCUT2D eigenvalue weighted by molar-refractivity contribution is -0.121. The topological polar surface area (TPSA) is 51.5 Å². The maximum atomic E-state index is 11.7. The number of para-hydroxylation sites is 1. The molecule has 1 N–H and O–H groups in total. The molecule has 0 radical (unpaired) electrons. The fourth-order valence-corrected chi connectivity index (χ4v) is 33.1. The molecule has 3 unspecified atom stereocenters. The molecule has 2 heterocycles. The van der Waals surface area contributed by atoms with Crippen LogP contribution in [0, 0.1) is 65.1 Å². The number of furan rings is 1. The van der Waals surface area contributed by atoms with Gasteiger partial charge in [-0.15, -0.1) is 0 Å². The molecule has 848 valence electrons. The quantitative estimate of drug-likeness (QED) is 0.0297. The van der Waals surface area contributed by atoms with Gasteiger partial charge in [-0.3, -0.25) is 4.79 Å². The minimum absolute atomic E-state index is 0.176. The van der Waals surface area contributed by atoms with Gasteiger partial charge < -0.3 is 14.5 Å². The Hall–Kier alpha value is 1.03. The maximum absolute atomic E-state index is 11.7. The van der Waals surface area contributed by atoms with Gasteiger partial charge in [-0.1, -0.05) is 595 Å². The van der Waals surface area contributed by atoms with Gasteiger partial charge in [-0.2, -0.15) is 0 Å². The Morgan fingerprint density at radius 3 is 1.31 bits per heavy atom. The summed E-state index contributed by atoms with van der Waals surface area (Å²) >= 11 is 0. The van der Waals surface area contributed by atoms with E-state index in [2.05, 4.69) is 389 Å². The summed E-state index contributed by atoms with van der Waals surface area (Å²) in [6.07, 6.45) is 30.9. The van der Waals surface area contributed by atoms with Crippen LogP contribution in [0.1, 0.15) is 475 Å². The van der Waals surface area contributed by atoms with Crippen molar-refractivity contribution < 1.29 is 13.9 Å². The van der Waals surface area contributed by atoms with Crippen molar-refractivity contribution in [1.82, 2.24) is 5.32 Å². The monoisotopic (exact) mass is 2300 g/mol. The van der Waals surface area contributed by atoms with Crippen LogP contribution in [0.4, 0.5) is 0 Å². The molecule has 7 rings (SSSR count). The molecule has 2 fully saturated rings. The van der Waals surface area contributed by atoms with Crippen molar-refractivity contribution in [3.63, 3.8) is 0 Å². The van der Waals surface area contributed by atoms with Gasteiger partial charge in [0.05, 0.1) is 24.0 Å². The van der Waals surface area contributed by atoms with E-state index in [4.69, 9.17) is 9.15 Å². The standard InChI is InChI=1S/C16H33NOS2.C15H24S2.C14H22OS2.C14H22S2.C13H22OS2.C13H20S2.C13H26S2.C12H24S2.C4H10.5C2H6/c1-13(2)9-7-8-12-19-20-16(5,6)11-10-15(18)17-14(3)4;1-12(2)10-13-8-6-7-9-14(13)11-16-17-15(3,4)5;1-11(2)9-10-15-13-7-5-6-8-14(13)17-16-12(3)4;1-11(2)9-10-13-7-5-6-8-14(13)16-15-12(3)4;1-10(2)6-11-7-14-8-12(11)9-15-16-13(3,4)5;1-10(2)9-12-5-7-13(8-6-12)15-14-11(3)4;1-12(2)8-6-7-11-14-15-13-9-4-3-5-10-13;1-8(2)6-7-11-10(5)13-14-12(11)9(3)4;1-4(2)3;5*1-2/h13-14H,7-12H2,1-6H3,(H,17,18);6-9,12H,10-11H2,1-5H3;5-8,11-12H,9-10H2,1-4H3;5-8,11-12H,9-10H2,1-4H3;7-8,10H,6,9H2,1-5H3;5-8,10-11H,9H2,1-4H3;12-13H,3-11H2,1-2H3;8-12H,6-7H2,1-5H3;4H,1-3H3;5*1-2H3. The van der Waals surface area contributed by atoms with E-state index in [0.29, 0.717) is 43.5 Å². The summed E-state index contributed by atoms with van der Waals surface area (Å²) in [5.41, 5.74) is 8.71. The Morgan fingerprint density at radius 1 is 0.424 bits per heavy atom. The summed E-state index contributed by atoms with van der Waals surface area (Å²) in [7, 11) is 31.6. The summed E-state index contributed by atoms with van der Waals surface area (Å²) in [6, 6.07) is 35.2. The molecule has 3 atom stereocenters. The first-order chi connectivity index (χ1) is 67.8. The van der Waals surface area contributed by atoms with Crippen molar-refractivity contribution >= 4 is 179 Å². The third-order valence-corrected chi connectivity index (χ3v) is 45.4. The van der Waals surface area contributed by atoms with Crippen molar-refractivity contribution in [3.8, 4) is 5.75 Å². The number of carbonyl (C=O) groups excluding carboxylic acids is 1. The summed E-state index contributed by atoms with van der Waals surface area (Å²) in [4.78, 5) is 15.7. The lowest BCUT2D eigenvalue weighted by Gasteiger charge is -2.24. The average molecular weight is 2300 g/mol. The largest absolute Gasteiger partial charge is 0.492 e. The van der Waals surface area contributed by atoms with Crippen LogP contribution in [-0.4, -0.2) is 75.8 Å². The Kier molecular flexibility index (Phi) is 113. The molecule has 1 aromatic heterocycles. The molecule has 144 heavy (non-hydrogen) atoms. The summed E-state index contributed by atoms with van der Waals surface area (Å²) in [6.45, 7) is 106. The zero-order chi connectivity index (χ0) is 112. The van der Waals surface area contributed by atoms with Crippen molar-refractivity contribution in [2.45, 2.75) is 545 Å². The Bertz CT molecular complexity index is 3480. The number of unbranched alkanes of at least 4 members (excludes halogenated alkanes) is 2. The maximum Gasteiger partial charge on any atom is 0.220 e. The number of hydrogen-bond donors (Lipinski definition) is 1. The number of ether oxygens (including phenoxy) is 1. The van der Waals surface area contributed by atoms with Crippen LogP contribution in [0.2, 0.25) is 0 Å². The molecule has 1 aliphatic carbocycles. The molecule has 4 aromatic carbocycles. The van der Waals surface area contributed by atoms with Crippen LogP contribution >= 0.6 is 173 Å². The number of nitrogens with one attached hydrogen (secondary N) is 1. The molecule has 4 nitrogen and oxygen atoms in total. The van der Waals surface area contributed by atoms with Crippen molar-refractivity contribution in [2.24, 2.45) is 65.1 Å². The number of hydrogen-bond acceptors (Lipinski definition) is 19. The molecule has 20 heteroatoms. The van der Waals surface area contributed by atoms with Gasteiger partial charge in [-0.05, 0) is 228 Å². The minimum Gasteiger partial charge on any atom is -0.492 e. The molecule has 1 aliphatic heterocycles. The zero-order valence-corrected chi connectivity index (χ0v) is 115. The predicted molar refractivity (Wildman–Crippen MR) is 710 cm³/mol. The van der Waals surface area contributed by atoms with E-state index in [1.165, 1.54) is 169 Å². The van der Waals surface area contributed by atoms with Crippen LogP contribution in [0.3, 0.4) is 0 Å². The number of amides is 1. The Labute approximate surface area is 965 Å². The molecule has 2 aliphatic rings. The first kappa shape index (κ1) is 158. The normalized spacial score (nSPS) is 13.9. The van der Waals surface area contributed by atoms with Gasteiger partial charge in [0.1, 0.15) is 5.75 Å². The van der Waals surface area contributed by atoms with Crippen LogP contribution in [0.15, 0.2) is 129 Å². The third-order valence-electron chi connectivity index (χ3n) is 19.6. The van der Waals surface area contributed by atoms with Crippen molar-refractivity contribution in [3.05, 3.63) is 143 Å².